The van der Waals surface area contributed by atoms with Crippen LogP contribution in [0, 0.1) is 0 Å². The van der Waals surface area contributed by atoms with Crippen molar-refractivity contribution in [1.29, 1.82) is 0 Å². The van der Waals surface area contributed by atoms with Crippen molar-refractivity contribution >= 4 is 17.7 Å². The summed E-state index contributed by atoms with van der Waals surface area (Å²) < 4.78 is 0. The Morgan fingerprint density at radius 2 is 2.00 bits per heavy atom. The largest absolute Gasteiger partial charge is 0.325 e. The highest BCUT2D eigenvalue weighted by molar-refractivity contribution is 6.06. The van der Waals surface area contributed by atoms with Gasteiger partial charge in [-0.05, 0) is 20.8 Å². The van der Waals surface area contributed by atoms with E-state index in [1.807, 2.05) is 0 Å². The molecule has 14 heavy (non-hydrogen) atoms. The molecule has 0 aromatic rings. The van der Waals surface area contributed by atoms with Crippen LogP contribution in [0.15, 0.2) is 0 Å². The van der Waals surface area contributed by atoms with Crippen LogP contribution in [0.4, 0.5) is 4.79 Å². The molecule has 0 bridgehead atoms. The van der Waals surface area contributed by atoms with Gasteiger partial charge in [-0.3, -0.25) is 14.5 Å². The van der Waals surface area contributed by atoms with Crippen molar-refractivity contribution in [1.82, 2.24) is 10.2 Å². The van der Waals surface area contributed by atoms with Crippen LogP contribution in [0.5, 0.6) is 0 Å². The van der Waals surface area contributed by atoms with Crippen LogP contribution in [-0.2, 0) is 9.59 Å². The summed E-state index contributed by atoms with van der Waals surface area (Å²) in [4.78, 5) is 34.7. The first-order chi connectivity index (χ1) is 6.34. The third kappa shape index (κ3) is 1.92. The molecule has 1 rings (SSSR count). The number of hydrogen-bond acceptors (Lipinski definition) is 3. The molecular formula is C9H14N2O3. The minimum Gasteiger partial charge on any atom is -0.324 e. The average Bonchev–Trinajstić information content (AvgIpc) is 2.19. The molecule has 5 heteroatoms. The number of imide groups is 1. The van der Waals surface area contributed by atoms with E-state index in [2.05, 4.69) is 5.32 Å². The summed E-state index contributed by atoms with van der Waals surface area (Å²) in [5.41, 5.74) is -0.839. The predicted molar refractivity (Wildman–Crippen MR) is 49.6 cm³/mol. The Labute approximate surface area is 82.4 Å². The molecule has 5 nitrogen and oxygen atoms in total. The van der Waals surface area contributed by atoms with Crippen molar-refractivity contribution in [2.24, 2.45) is 0 Å². The summed E-state index contributed by atoms with van der Waals surface area (Å²) in [5.74, 6) is -0.306. The number of rotatable bonds is 3. The fraction of sp³-hybridized carbons (Fsp3) is 0.667. The first-order valence-corrected chi connectivity index (χ1v) is 4.48. The molecule has 78 valence electrons. The van der Waals surface area contributed by atoms with Gasteiger partial charge in [0.25, 0.3) is 5.91 Å². The minimum atomic E-state index is -0.839. The zero-order valence-electron chi connectivity index (χ0n) is 8.59. The Bertz CT molecular complexity index is 296. The lowest BCUT2D eigenvalue weighted by molar-refractivity contribution is -0.130. The van der Waals surface area contributed by atoms with E-state index in [9.17, 15) is 14.4 Å². The summed E-state index contributed by atoms with van der Waals surface area (Å²) in [7, 11) is 0. The number of nitrogens with one attached hydrogen (secondary N) is 1. The number of Topliss-reactive ketones (excluding diaryl/α,β-unsaturated/α-hetero) is 1. The average molecular weight is 198 g/mol. The van der Waals surface area contributed by atoms with Crippen molar-refractivity contribution in [2.75, 3.05) is 6.54 Å². The number of hydrogen-bond donors (Lipinski definition) is 1. The summed E-state index contributed by atoms with van der Waals surface area (Å²) >= 11 is 0. The fourth-order valence-electron chi connectivity index (χ4n) is 1.29. The third-order valence-corrected chi connectivity index (χ3v) is 2.13. The van der Waals surface area contributed by atoms with Gasteiger partial charge in [0.15, 0.2) is 0 Å². The van der Waals surface area contributed by atoms with Crippen LogP contribution in [-0.4, -0.2) is 34.7 Å². The van der Waals surface area contributed by atoms with Crippen molar-refractivity contribution in [3.63, 3.8) is 0 Å². The number of nitrogens with zero attached hydrogens (tertiary/aromatic N) is 1. The van der Waals surface area contributed by atoms with Gasteiger partial charge in [-0.2, -0.15) is 0 Å². The smallest absolute Gasteiger partial charge is 0.324 e. The molecule has 1 aliphatic rings. The van der Waals surface area contributed by atoms with Gasteiger partial charge in [-0.15, -0.1) is 0 Å². The molecular weight excluding hydrogens is 184 g/mol. The van der Waals surface area contributed by atoms with Gasteiger partial charge < -0.3 is 5.32 Å². The molecule has 3 amide bonds. The Morgan fingerprint density at radius 3 is 2.36 bits per heavy atom. The maximum atomic E-state index is 11.6. The van der Waals surface area contributed by atoms with Crippen molar-refractivity contribution in [3.8, 4) is 0 Å². The standard InChI is InChI=1S/C9H14N2O3/c1-6(12)4-5-11-7(13)9(2,3)10-8(11)14/h4-5H2,1-3H3,(H,10,14). The quantitative estimate of drug-likeness (QED) is 0.663. The second-order valence-corrected chi connectivity index (χ2v) is 3.96. The van der Waals surface area contributed by atoms with Crippen LogP contribution in [0.1, 0.15) is 27.2 Å². The lowest BCUT2D eigenvalue weighted by Crippen LogP contribution is -2.40. The molecule has 0 saturated carbocycles. The van der Waals surface area contributed by atoms with Gasteiger partial charge in [0.05, 0.1) is 0 Å². The van der Waals surface area contributed by atoms with Gasteiger partial charge in [-0.25, -0.2) is 4.79 Å². The molecule has 0 spiro atoms. The van der Waals surface area contributed by atoms with E-state index < -0.39 is 11.6 Å². The third-order valence-electron chi connectivity index (χ3n) is 2.13. The van der Waals surface area contributed by atoms with Crippen LogP contribution in [0.2, 0.25) is 0 Å². The van der Waals surface area contributed by atoms with Gasteiger partial charge >= 0.3 is 6.03 Å². The second kappa shape index (κ2) is 3.40. The molecule has 0 atom stereocenters. The molecule has 0 aromatic heterocycles. The van der Waals surface area contributed by atoms with Gasteiger partial charge in [0.1, 0.15) is 11.3 Å². The van der Waals surface area contributed by atoms with E-state index in [-0.39, 0.29) is 24.7 Å². The summed E-state index contributed by atoms with van der Waals surface area (Å²) in [6.07, 6.45) is 0.218. The predicted octanol–water partition coefficient (Wildman–Crippen LogP) is 0.296. The Hall–Kier alpha value is -1.39. The number of urea groups is 1. The highest BCUT2D eigenvalue weighted by Crippen LogP contribution is 2.16. The first kappa shape index (κ1) is 10.7. The second-order valence-electron chi connectivity index (χ2n) is 3.96. The molecule has 1 aliphatic heterocycles. The molecule has 1 N–H and O–H groups in total. The SMILES string of the molecule is CC(=O)CCN1C(=O)NC(C)(C)C1=O. The molecule has 0 aliphatic carbocycles. The van der Waals surface area contributed by atoms with E-state index in [1.54, 1.807) is 13.8 Å². The maximum absolute atomic E-state index is 11.6. The Morgan fingerprint density at radius 1 is 1.43 bits per heavy atom. The van der Waals surface area contributed by atoms with E-state index in [0.29, 0.717) is 0 Å². The Balaban J connectivity index is 2.67. The number of carbonyl (C=O) groups excluding carboxylic acids is 3. The zero-order valence-corrected chi connectivity index (χ0v) is 8.59. The molecule has 0 unspecified atom stereocenters. The first-order valence-electron chi connectivity index (χ1n) is 4.48. The van der Waals surface area contributed by atoms with Crippen molar-refractivity contribution < 1.29 is 14.4 Å². The van der Waals surface area contributed by atoms with Gasteiger partial charge in [-0.1, -0.05) is 0 Å². The summed E-state index contributed by atoms with van der Waals surface area (Å²) in [6.45, 7) is 4.88. The minimum absolute atomic E-state index is 0.0321. The summed E-state index contributed by atoms with van der Waals surface area (Å²) in [6, 6.07) is -0.416. The van der Waals surface area contributed by atoms with E-state index in [4.69, 9.17) is 0 Å². The number of amides is 3. The zero-order chi connectivity index (χ0) is 10.9. The Kier molecular flexibility index (Phi) is 2.59. The number of carbonyl (C=O) groups is 3. The highest BCUT2D eigenvalue weighted by atomic mass is 16.2. The fourth-order valence-corrected chi connectivity index (χ4v) is 1.29. The molecule has 0 radical (unpaired) electrons. The van der Waals surface area contributed by atoms with Crippen molar-refractivity contribution in [3.05, 3.63) is 0 Å². The monoisotopic (exact) mass is 198 g/mol. The molecule has 0 aromatic carbocycles. The lowest BCUT2D eigenvalue weighted by Gasteiger charge is -2.15. The molecule has 1 saturated heterocycles. The van der Waals surface area contributed by atoms with Crippen LogP contribution in [0.3, 0.4) is 0 Å². The van der Waals surface area contributed by atoms with Crippen LogP contribution >= 0.6 is 0 Å². The van der Waals surface area contributed by atoms with E-state index in [0.717, 1.165) is 4.90 Å². The molecule has 1 fully saturated rings. The van der Waals surface area contributed by atoms with Crippen LogP contribution < -0.4 is 5.32 Å². The van der Waals surface area contributed by atoms with Gasteiger partial charge in [0.2, 0.25) is 0 Å². The van der Waals surface area contributed by atoms with Gasteiger partial charge in [0, 0.05) is 13.0 Å². The van der Waals surface area contributed by atoms with E-state index >= 15 is 0 Å². The van der Waals surface area contributed by atoms with E-state index in [1.165, 1.54) is 6.92 Å². The maximum Gasteiger partial charge on any atom is 0.325 e. The van der Waals surface area contributed by atoms with Crippen LogP contribution in [0.25, 0.3) is 0 Å². The highest BCUT2D eigenvalue weighted by Gasteiger charge is 2.43. The lowest BCUT2D eigenvalue weighted by atomic mass is 10.1. The topological polar surface area (TPSA) is 66.5 Å². The normalized spacial score (nSPS) is 19.8. The number of ketones is 1. The molecule has 1 heterocycles. The van der Waals surface area contributed by atoms with Crippen molar-refractivity contribution in [2.45, 2.75) is 32.7 Å². The summed E-state index contributed by atoms with van der Waals surface area (Å²) in [5, 5.41) is 2.54.